The van der Waals surface area contributed by atoms with Gasteiger partial charge in [0.15, 0.2) is 0 Å². The van der Waals surface area contributed by atoms with Crippen molar-refractivity contribution in [3.05, 3.63) is 30.2 Å². The van der Waals surface area contributed by atoms with Crippen LogP contribution in [0.25, 0.3) is 11.4 Å². The summed E-state index contributed by atoms with van der Waals surface area (Å²) in [5.41, 5.74) is 0.945. The molecule has 1 aromatic heterocycles. The Kier molecular flexibility index (Phi) is 4.58. The van der Waals surface area contributed by atoms with Crippen LogP contribution in [0.1, 0.15) is 31.6 Å². The van der Waals surface area contributed by atoms with Crippen LogP contribution in [0.15, 0.2) is 33.7 Å². The van der Waals surface area contributed by atoms with E-state index in [0.29, 0.717) is 18.1 Å². The van der Waals surface area contributed by atoms with Crippen LogP contribution < -0.4 is 0 Å². The molecule has 0 fully saturated rings. The highest BCUT2D eigenvalue weighted by Gasteiger charge is 2.14. The van der Waals surface area contributed by atoms with Gasteiger partial charge >= 0.3 is 0 Å². The summed E-state index contributed by atoms with van der Waals surface area (Å²) < 4.78 is 5.26. The highest BCUT2D eigenvalue weighted by molar-refractivity contribution is 7.98. The number of hydrogen-bond acceptors (Lipinski definition) is 5. The summed E-state index contributed by atoms with van der Waals surface area (Å²) in [6, 6.07) is 10.2. The molecule has 0 spiro atoms. The molecule has 2 rings (SSSR count). The van der Waals surface area contributed by atoms with Gasteiger partial charge in [-0.1, -0.05) is 12.1 Å². The highest BCUT2D eigenvalue weighted by atomic mass is 32.2. The molecule has 0 aliphatic carbocycles. The molecule has 0 saturated heterocycles. The van der Waals surface area contributed by atoms with Gasteiger partial charge in [0.25, 0.3) is 0 Å². The van der Waals surface area contributed by atoms with E-state index in [1.807, 2.05) is 37.4 Å². The third kappa shape index (κ3) is 3.36. The number of nitrogens with zero attached hydrogens (tertiary/aromatic N) is 3. The van der Waals surface area contributed by atoms with E-state index in [9.17, 15) is 0 Å². The molecule has 0 radical (unpaired) electrons. The first-order valence-electron chi connectivity index (χ1n) is 6.09. The minimum Gasteiger partial charge on any atom is -0.339 e. The Morgan fingerprint density at radius 2 is 2.11 bits per heavy atom. The summed E-state index contributed by atoms with van der Waals surface area (Å²) in [6.07, 6.45) is 3.28. The van der Waals surface area contributed by atoms with Gasteiger partial charge in [-0.25, -0.2) is 0 Å². The lowest BCUT2D eigenvalue weighted by molar-refractivity contribution is 0.355. The van der Waals surface area contributed by atoms with Crippen LogP contribution in [0.3, 0.4) is 0 Å². The SMILES string of the molecule is CSc1ccc(-c2noc(C(C)CCC#N)n2)cc1. The summed E-state index contributed by atoms with van der Waals surface area (Å²) in [4.78, 5) is 5.60. The molecule has 0 aliphatic heterocycles. The summed E-state index contributed by atoms with van der Waals surface area (Å²) in [5.74, 6) is 1.32. The molecule has 0 aliphatic rings. The normalized spacial score (nSPS) is 12.1. The number of benzene rings is 1. The quantitative estimate of drug-likeness (QED) is 0.774. The van der Waals surface area contributed by atoms with Gasteiger partial charge in [-0.2, -0.15) is 10.2 Å². The van der Waals surface area contributed by atoms with Crippen LogP contribution in [-0.2, 0) is 0 Å². The Balaban J connectivity index is 2.13. The fraction of sp³-hybridized carbons (Fsp3) is 0.357. The predicted octanol–water partition coefficient (Wildman–Crippen LogP) is 3.87. The molecule has 1 aromatic carbocycles. The summed E-state index contributed by atoms with van der Waals surface area (Å²) in [5, 5.41) is 12.6. The number of thioether (sulfide) groups is 1. The van der Waals surface area contributed by atoms with Gasteiger partial charge in [0.1, 0.15) is 0 Å². The third-order valence-corrected chi connectivity index (χ3v) is 3.64. The van der Waals surface area contributed by atoms with Gasteiger partial charge < -0.3 is 4.52 Å². The largest absolute Gasteiger partial charge is 0.339 e. The maximum Gasteiger partial charge on any atom is 0.229 e. The predicted molar refractivity (Wildman–Crippen MR) is 74.8 cm³/mol. The molecule has 2 aromatic rings. The van der Waals surface area contributed by atoms with E-state index in [2.05, 4.69) is 16.2 Å². The minimum atomic E-state index is 0.117. The number of aromatic nitrogens is 2. The fourth-order valence-electron chi connectivity index (χ4n) is 1.70. The van der Waals surface area contributed by atoms with Crippen molar-refractivity contribution in [1.82, 2.24) is 10.1 Å². The lowest BCUT2D eigenvalue weighted by Gasteiger charge is -2.01. The maximum absolute atomic E-state index is 8.58. The molecule has 1 heterocycles. The fourth-order valence-corrected chi connectivity index (χ4v) is 2.11. The van der Waals surface area contributed by atoms with Gasteiger partial charge in [0.2, 0.25) is 11.7 Å². The minimum absolute atomic E-state index is 0.117. The van der Waals surface area contributed by atoms with Crippen molar-refractivity contribution in [3.63, 3.8) is 0 Å². The Morgan fingerprint density at radius 3 is 2.74 bits per heavy atom. The van der Waals surface area contributed by atoms with E-state index in [4.69, 9.17) is 9.78 Å². The van der Waals surface area contributed by atoms with E-state index >= 15 is 0 Å². The monoisotopic (exact) mass is 273 g/mol. The second kappa shape index (κ2) is 6.39. The zero-order valence-electron chi connectivity index (χ0n) is 11.0. The summed E-state index contributed by atoms with van der Waals surface area (Å²) in [6.45, 7) is 1.99. The standard InChI is InChI=1S/C14H15N3OS/c1-10(4-3-9-15)14-16-13(17-18-14)11-5-7-12(19-2)8-6-11/h5-8,10H,3-4H2,1-2H3. The average molecular weight is 273 g/mol. The number of hydrogen-bond donors (Lipinski definition) is 0. The summed E-state index contributed by atoms with van der Waals surface area (Å²) in [7, 11) is 0. The smallest absolute Gasteiger partial charge is 0.229 e. The summed E-state index contributed by atoms with van der Waals surface area (Å²) >= 11 is 1.70. The van der Waals surface area contributed by atoms with Crippen molar-refractivity contribution in [2.24, 2.45) is 0 Å². The zero-order valence-corrected chi connectivity index (χ0v) is 11.8. The van der Waals surface area contributed by atoms with Gasteiger partial charge in [0.05, 0.1) is 6.07 Å². The van der Waals surface area contributed by atoms with Crippen molar-refractivity contribution in [2.45, 2.75) is 30.6 Å². The van der Waals surface area contributed by atoms with Gasteiger partial charge in [-0.3, -0.25) is 0 Å². The van der Waals surface area contributed by atoms with Crippen LogP contribution in [-0.4, -0.2) is 16.4 Å². The Morgan fingerprint density at radius 1 is 1.37 bits per heavy atom. The Hall–Kier alpha value is -1.80. The van der Waals surface area contributed by atoms with E-state index in [-0.39, 0.29) is 5.92 Å². The number of nitriles is 1. The second-order valence-electron chi connectivity index (χ2n) is 4.28. The molecule has 1 atom stereocenters. The van der Waals surface area contributed by atoms with Gasteiger partial charge in [-0.05, 0) is 36.9 Å². The van der Waals surface area contributed by atoms with Gasteiger partial charge in [0, 0.05) is 22.8 Å². The Labute approximate surface area is 116 Å². The molecule has 1 unspecified atom stereocenters. The van der Waals surface area contributed by atoms with E-state index in [0.717, 1.165) is 12.0 Å². The molecule has 0 N–H and O–H groups in total. The first-order valence-corrected chi connectivity index (χ1v) is 7.32. The molecular weight excluding hydrogens is 258 g/mol. The molecule has 0 amide bonds. The van der Waals surface area contributed by atoms with Crippen LogP contribution in [0.4, 0.5) is 0 Å². The van der Waals surface area contributed by atoms with E-state index in [1.54, 1.807) is 11.8 Å². The molecule has 19 heavy (non-hydrogen) atoms. The molecule has 0 saturated carbocycles. The molecule has 98 valence electrons. The van der Waals surface area contributed by atoms with Crippen molar-refractivity contribution in [3.8, 4) is 17.5 Å². The highest BCUT2D eigenvalue weighted by Crippen LogP contribution is 2.24. The Bertz CT molecular complexity index is 571. The zero-order chi connectivity index (χ0) is 13.7. The van der Waals surface area contributed by atoms with Crippen LogP contribution in [0.5, 0.6) is 0 Å². The van der Waals surface area contributed by atoms with Crippen molar-refractivity contribution in [1.29, 1.82) is 5.26 Å². The lowest BCUT2D eigenvalue weighted by Crippen LogP contribution is -1.93. The topological polar surface area (TPSA) is 62.7 Å². The molecular formula is C14H15N3OS. The third-order valence-electron chi connectivity index (χ3n) is 2.90. The lowest BCUT2D eigenvalue weighted by atomic mass is 10.1. The first kappa shape index (κ1) is 13.6. The van der Waals surface area contributed by atoms with E-state index in [1.165, 1.54) is 4.90 Å². The van der Waals surface area contributed by atoms with Gasteiger partial charge in [-0.15, -0.1) is 11.8 Å². The molecule has 5 heteroatoms. The van der Waals surface area contributed by atoms with Crippen LogP contribution >= 0.6 is 11.8 Å². The molecule has 0 bridgehead atoms. The van der Waals surface area contributed by atoms with Crippen molar-refractivity contribution in [2.75, 3.05) is 6.26 Å². The van der Waals surface area contributed by atoms with Crippen molar-refractivity contribution >= 4 is 11.8 Å². The first-order chi connectivity index (χ1) is 9.24. The maximum atomic E-state index is 8.58. The second-order valence-corrected chi connectivity index (χ2v) is 5.16. The average Bonchev–Trinajstić information content (AvgIpc) is 2.94. The van der Waals surface area contributed by atoms with Crippen LogP contribution in [0.2, 0.25) is 0 Å². The van der Waals surface area contributed by atoms with Crippen LogP contribution in [0, 0.1) is 11.3 Å². The number of rotatable bonds is 5. The molecule has 4 nitrogen and oxygen atoms in total. The van der Waals surface area contributed by atoms with Crippen molar-refractivity contribution < 1.29 is 4.52 Å². The van der Waals surface area contributed by atoms with E-state index < -0.39 is 0 Å².